The molecule has 0 saturated heterocycles. The third-order valence-corrected chi connectivity index (χ3v) is 4.32. The Hall–Kier alpha value is -2.68. The number of ether oxygens (including phenoxy) is 1. The highest BCUT2D eigenvalue weighted by molar-refractivity contribution is 7.13. The van der Waals surface area contributed by atoms with Crippen LogP contribution in [0.5, 0.6) is 6.01 Å². The van der Waals surface area contributed by atoms with E-state index in [0.717, 1.165) is 20.3 Å². The molecule has 0 spiro atoms. The Labute approximate surface area is 144 Å². The van der Waals surface area contributed by atoms with E-state index in [1.807, 2.05) is 6.92 Å². The number of aryl methyl sites for hydroxylation is 1. The summed E-state index contributed by atoms with van der Waals surface area (Å²) in [6.07, 6.45) is -3.39. The molecular formula is C16H12F3N3O2S. The molecule has 25 heavy (non-hydrogen) atoms. The van der Waals surface area contributed by atoms with Crippen molar-refractivity contribution in [2.24, 2.45) is 0 Å². The molecule has 0 aliphatic rings. The van der Waals surface area contributed by atoms with Gasteiger partial charge in [0.15, 0.2) is 5.69 Å². The summed E-state index contributed by atoms with van der Waals surface area (Å²) in [4.78, 5) is 15.8. The van der Waals surface area contributed by atoms with Crippen molar-refractivity contribution in [1.29, 1.82) is 0 Å². The number of hydrogen-bond donors (Lipinski definition) is 0. The van der Waals surface area contributed by atoms with Gasteiger partial charge < -0.3 is 4.74 Å². The summed E-state index contributed by atoms with van der Waals surface area (Å²) in [7, 11) is 0. The lowest BCUT2D eigenvalue weighted by molar-refractivity contribution is -0.141. The Kier molecular flexibility index (Phi) is 4.34. The van der Waals surface area contributed by atoms with E-state index in [1.165, 1.54) is 17.6 Å². The second kappa shape index (κ2) is 6.32. The number of nitrogens with zero attached hydrogens (tertiary/aromatic N) is 3. The van der Waals surface area contributed by atoms with Crippen LogP contribution in [0.15, 0.2) is 41.7 Å². The van der Waals surface area contributed by atoms with Gasteiger partial charge in [0.2, 0.25) is 0 Å². The van der Waals surface area contributed by atoms with E-state index < -0.39 is 23.4 Å². The lowest BCUT2D eigenvalue weighted by Crippen LogP contribution is -2.25. The SMILES string of the molecule is C=CCOc1nc(C(F)(F)F)cc(=O)n1-c1ccc2snc(C)c2c1. The van der Waals surface area contributed by atoms with Gasteiger partial charge in [-0.05, 0) is 36.7 Å². The predicted octanol–water partition coefficient (Wildman–Crippen LogP) is 3.73. The van der Waals surface area contributed by atoms with Crippen LogP contribution in [0.3, 0.4) is 0 Å². The Balaban J connectivity index is 2.23. The lowest BCUT2D eigenvalue weighted by Gasteiger charge is -2.14. The second-order valence-electron chi connectivity index (χ2n) is 5.14. The van der Waals surface area contributed by atoms with Gasteiger partial charge in [-0.2, -0.15) is 22.5 Å². The van der Waals surface area contributed by atoms with Crippen molar-refractivity contribution in [3.63, 3.8) is 0 Å². The highest BCUT2D eigenvalue weighted by Gasteiger charge is 2.34. The van der Waals surface area contributed by atoms with E-state index >= 15 is 0 Å². The summed E-state index contributed by atoms with van der Waals surface area (Å²) in [6.45, 7) is 5.17. The van der Waals surface area contributed by atoms with Gasteiger partial charge in [-0.3, -0.25) is 4.79 Å². The van der Waals surface area contributed by atoms with Gasteiger partial charge in [-0.25, -0.2) is 4.57 Å². The van der Waals surface area contributed by atoms with Gasteiger partial charge in [0.1, 0.15) is 6.61 Å². The van der Waals surface area contributed by atoms with Gasteiger partial charge in [-0.1, -0.05) is 12.7 Å². The topological polar surface area (TPSA) is 57.0 Å². The minimum atomic E-state index is -4.75. The molecule has 0 amide bonds. The molecule has 5 nitrogen and oxygen atoms in total. The predicted molar refractivity (Wildman–Crippen MR) is 88.4 cm³/mol. The maximum Gasteiger partial charge on any atom is 0.433 e. The first kappa shape index (κ1) is 17.2. The first-order valence-electron chi connectivity index (χ1n) is 7.12. The van der Waals surface area contributed by atoms with E-state index in [2.05, 4.69) is 15.9 Å². The lowest BCUT2D eigenvalue weighted by atomic mass is 10.2. The highest BCUT2D eigenvalue weighted by Crippen LogP contribution is 2.29. The molecule has 0 aliphatic heterocycles. The fourth-order valence-electron chi connectivity index (χ4n) is 2.26. The van der Waals surface area contributed by atoms with Crippen molar-refractivity contribution in [3.8, 4) is 11.7 Å². The molecular weight excluding hydrogens is 355 g/mol. The largest absolute Gasteiger partial charge is 0.460 e. The number of fused-ring (bicyclic) bond motifs is 1. The standard InChI is InChI=1S/C16H12F3N3O2S/c1-3-6-24-15-20-13(16(17,18)19)8-14(23)22(15)10-4-5-12-11(7-10)9(2)21-25-12/h3-5,7-8H,1,6H2,2H3. The number of benzene rings is 1. The molecule has 0 N–H and O–H groups in total. The van der Waals surface area contributed by atoms with Crippen LogP contribution < -0.4 is 10.3 Å². The van der Waals surface area contributed by atoms with Crippen LogP contribution in [-0.2, 0) is 6.18 Å². The van der Waals surface area contributed by atoms with Crippen LogP contribution in [0.1, 0.15) is 11.4 Å². The van der Waals surface area contributed by atoms with Crippen molar-refractivity contribution in [2.45, 2.75) is 13.1 Å². The summed E-state index contributed by atoms with van der Waals surface area (Å²) in [5, 5.41) is 0.809. The van der Waals surface area contributed by atoms with Gasteiger partial charge in [0, 0.05) is 11.5 Å². The van der Waals surface area contributed by atoms with Crippen LogP contribution in [0.25, 0.3) is 15.8 Å². The number of alkyl halides is 3. The molecule has 0 bridgehead atoms. The Bertz CT molecular complexity index is 1010. The van der Waals surface area contributed by atoms with E-state index in [1.54, 1.807) is 18.2 Å². The first-order valence-corrected chi connectivity index (χ1v) is 7.90. The van der Waals surface area contributed by atoms with E-state index in [4.69, 9.17) is 4.74 Å². The summed E-state index contributed by atoms with van der Waals surface area (Å²) in [6, 6.07) is 5.03. The van der Waals surface area contributed by atoms with Crippen LogP contribution >= 0.6 is 11.5 Å². The van der Waals surface area contributed by atoms with Crippen LogP contribution in [0.4, 0.5) is 13.2 Å². The molecule has 1 aromatic carbocycles. The molecule has 0 unspecified atom stereocenters. The number of aromatic nitrogens is 3. The summed E-state index contributed by atoms with van der Waals surface area (Å²) >= 11 is 1.30. The maximum atomic E-state index is 12.9. The van der Waals surface area contributed by atoms with Crippen molar-refractivity contribution >= 4 is 21.6 Å². The van der Waals surface area contributed by atoms with Crippen molar-refractivity contribution in [1.82, 2.24) is 13.9 Å². The zero-order chi connectivity index (χ0) is 18.2. The average Bonchev–Trinajstić information content (AvgIpc) is 2.92. The second-order valence-corrected chi connectivity index (χ2v) is 5.95. The smallest absolute Gasteiger partial charge is 0.433 e. The fraction of sp³-hybridized carbons (Fsp3) is 0.188. The van der Waals surface area contributed by atoms with Gasteiger partial charge >= 0.3 is 12.2 Å². The summed E-state index contributed by atoms with van der Waals surface area (Å²) in [5.74, 6) is 0. The third kappa shape index (κ3) is 3.27. The fourth-order valence-corrected chi connectivity index (χ4v) is 3.03. The molecule has 130 valence electrons. The molecule has 3 aromatic rings. The van der Waals surface area contributed by atoms with Crippen molar-refractivity contribution in [3.05, 3.63) is 58.7 Å². The Morgan fingerprint density at radius 2 is 2.12 bits per heavy atom. The molecule has 2 heterocycles. The molecule has 0 fully saturated rings. The Morgan fingerprint density at radius 3 is 2.80 bits per heavy atom. The molecule has 0 aliphatic carbocycles. The van der Waals surface area contributed by atoms with Crippen molar-refractivity contribution in [2.75, 3.05) is 6.61 Å². The zero-order valence-corrected chi connectivity index (χ0v) is 13.8. The van der Waals surface area contributed by atoms with Gasteiger partial charge in [0.25, 0.3) is 5.56 Å². The van der Waals surface area contributed by atoms with Crippen LogP contribution in [-0.4, -0.2) is 20.5 Å². The number of halogens is 3. The van der Waals surface area contributed by atoms with E-state index in [9.17, 15) is 18.0 Å². The summed E-state index contributed by atoms with van der Waals surface area (Å²) in [5.41, 5.74) is -1.08. The normalized spacial score (nSPS) is 11.7. The minimum Gasteiger partial charge on any atom is -0.460 e. The molecule has 0 radical (unpaired) electrons. The molecule has 3 rings (SSSR count). The quantitative estimate of drug-likeness (QED) is 0.660. The monoisotopic (exact) mass is 367 g/mol. The van der Waals surface area contributed by atoms with Gasteiger partial charge in [-0.15, -0.1) is 0 Å². The number of rotatable bonds is 4. The maximum absolute atomic E-state index is 12.9. The highest BCUT2D eigenvalue weighted by atomic mass is 32.1. The summed E-state index contributed by atoms with van der Waals surface area (Å²) < 4.78 is 50.1. The van der Waals surface area contributed by atoms with E-state index in [-0.39, 0.29) is 6.61 Å². The Morgan fingerprint density at radius 1 is 1.36 bits per heavy atom. The number of hydrogen-bond acceptors (Lipinski definition) is 5. The zero-order valence-electron chi connectivity index (χ0n) is 13.0. The molecule has 0 atom stereocenters. The van der Waals surface area contributed by atoms with E-state index in [0.29, 0.717) is 11.8 Å². The minimum absolute atomic E-state index is 0.0883. The molecule has 9 heteroatoms. The molecule has 0 saturated carbocycles. The van der Waals surface area contributed by atoms with Gasteiger partial charge in [0.05, 0.1) is 16.1 Å². The molecule has 2 aromatic heterocycles. The average molecular weight is 367 g/mol. The van der Waals surface area contributed by atoms with Crippen LogP contribution in [0.2, 0.25) is 0 Å². The van der Waals surface area contributed by atoms with Crippen molar-refractivity contribution < 1.29 is 17.9 Å². The first-order chi connectivity index (χ1) is 11.8. The third-order valence-electron chi connectivity index (χ3n) is 3.40. The van der Waals surface area contributed by atoms with Crippen LogP contribution in [0, 0.1) is 6.92 Å².